The van der Waals surface area contributed by atoms with Crippen molar-refractivity contribution in [2.75, 3.05) is 26.9 Å². The lowest BCUT2D eigenvalue weighted by Crippen LogP contribution is -2.43. The molecule has 2 aliphatic carbocycles. The number of rotatable bonds is 14. The third-order valence-electron chi connectivity index (χ3n) is 9.04. The molecule has 5 rings (SSSR count). The van der Waals surface area contributed by atoms with Crippen molar-refractivity contribution >= 4 is 40.4 Å². The van der Waals surface area contributed by atoms with Crippen LogP contribution in [0.2, 0.25) is 0 Å². The van der Waals surface area contributed by atoms with Gasteiger partial charge in [0.1, 0.15) is 12.7 Å². The predicted molar refractivity (Wildman–Crippen MR) is 182 cm³/mol. The monoisotopic (exact) mass is 680 g/mol. The van der Waals surface area contributed by atoms with Crippen LogP contribution in [0.3, 0.4) is 0 Å². The van der Waals surface area contributed by atoms with Gasteiger partial charge >= 0.3 is 12.1 Å². The summed E-state index contributed by atoms with van der Waals surface area (Å²) in [7, 11) is 1.56. The Morgan fingerprint density at radius 2 is 1.65 bits per heavy atom. The van der Waals surface area contributed by atoms with Crippen molar-refractivity contribution in [2.24, 2.45) is 17.0 Å². The molecule has 1 unspecified atom stereocenters. The highest BCUT2D eigenvalue weighted by molar-refractivity contribution is 6.81. The molecule has 1 saturated heterocycles. The molecule has 1 amide bonds. The summed E-state index contributed by atoms with van der Waals surface area (Å²) in [6.07, 6.45) is 3.84. The van der Waals surface area contributed by atoms with Gasteiger partial charge in [-0.3, -0.25) is 14.5 Å². The third-order valence-corrected chi connectivity index (χ3v) is 9.27. The first-order valence-corrected chi connectivity index (χ1v) is 16.9. The van der Waals surface area contributed by atoms with E-state index in [1.54, 1.807) is 14.0 Å². The standard InChI is InChI=1S/C33H39NO5.C4H6ClNO3/c1-4-9-23(32(38-3)31(36)17-22-14-15-22)18-30(35)29-16-21(2)19-34(29)33(37)39-20-28-26-12-7-5-10-24(26)25-11-6-8-13-27(25)28;1-2-9-4(7)3(5)6-8/h5-8,10-13,22-23,28-29,32H,2,4,9,14-20H2,1,3H3;8H,2H2,1H3/b;6-3+/t23-,29+,32?;/m1./s1. The van der Waals surface area contributed by atoms with Crippen molar-refractivity contribution in [3.05, 3.63) is 71.8 Å². The van der Waals surface area contributed by atoms with Crippen LogP contribution >= 0.6 is 11.6 Å². The number of methoxy groups -OCH3 is 1. The summed E-state index contributed by atoms with van der Waals surface area (Å²) >= 11 is 5.02. The van der Waals surface area contributed by atoms with E-state index in [2.05, 4.69) is 47.7 Å². The first-order chi connectivity index (χ1) is 23.1. The molecule has 2 fully saturated rings. The van der Waals surface area contributed by atoms with Gasteiger partial charge in [-0.05, 0) is 66.7 Å². The zero-order valence-corrected chi connectivity index (χ0v) is 28.6. The van der Waals surface area contributed by atoms with Gasteiger partial charge in [0.2, 0.25) is 0 Å². The highest BCUT2D eigenvalue weighted by atomic mass is 35.5. The Morgan fingerprint density at radius 1 is 1.02 bits per heavy atom. The highest BCUT2D eigenvalue weighted by Crippen LogP contribution is 2.44. The van der Waals surface area contributed by atoms with Gasteiger partial charge in [0.15, 0.2) is 11.6 Å². The van der Waals surface area contributed by atoms with Crippen molar-refractivity contribution in [3.8, 4) is 11.1 Å². The number of hydrogen-bond acceptors (Lipinski definition) is 9. The van der Waals surface area contributed by atoms with Gasteiger partial charge in [-0.25, -0.2) is 9.59 Å². The number of benzene rings is 2. The highest BCUT2D eigenvalue weighted by Gasteiger charge is 2.40. The average molecular weight is 681 g/mol. The third kappa shape index (κ3) is 9.11. The number of halogens is 1. The summed E-state index contributed by atoms with van der Waals surface area (Å²) in [5.41, 5.74) is 5.47. The summed E-state index contributed by atoms with van der Waals surface area (Å²) in [4.78, 5) is 51.7. The number of carbonyl (C=O) groups is 4. The fourth-order valence-corrected chi connectivity index (χ4v) is 6.68. The molecule has 0 radical (unpaired) electrons. The van der Waals surface area contributed by atoms with Gasteiger partial charge in [-0.15, -0.1) is 0 Å². The number of oxime groups is 1. The van der Waals surface area contributed by atoms with Crippen LogP contribution < -0.4 is 0 Å². The number of hydrogen-bond donors (Lipinski definition) is 1. The van der Waals surface area contributed by atoms with E-state index in [1.807, 2.05) is 24.3 Å². The lowest BCUT2D eigenvalue weighted by atomic mass is 9.86. The SMILES string of the molecule is C=C1C[C@@H](C(=O)C[C@@H](CCC)C(OC)C(=O)CC2CC2)N(C(=O)OCC2c3ccccc3-c3ccccc32)C1.CCOC(=O)/C(Cl)=N\O. The molecule has 3 aliphatic rings. The second-order valence-corrected chi connectivity index (χ2v) is 12.9. The number of Topliss-reactive ketones (excluding diaryl/α,β-unsaturated/α-hetero) is 2. The zero-order valence-electron chi connectivity index (χ0n) is 27.9. The minimum Gasteiger partial charge on any atom is -0.461 e. The number of fused-ring (bicyclic) bond motifs is 3. The molecular formula is C37H45ClN2O8. The van der Waals surface area contributed by atoms with Crippen molar-refractivity contribution in [1.82, 2.24) is 4.90 Å². The van der Waals surface area contributed by atoms with Gasteiger partial charge < -0.3 is 19.4 Å². The minimum atomic E-state index is -0.818. The second kappa shape index (κ2) is 17.4. The van der Waals surface area contributed by atoms with E-state index in [1.165, 1.54) is 16.0 Å². The van der Waals surface area contributed by atoms with E-state index in [-0.39, 0.29) is 43.0 Å². The molecule has 258 valence electrons. The van der Waals surface area contributed by atoms with E-state index >= 15 is 0 Å². The lowest BCUT2D eigenvalue weighted by Gasteiger charge is -2.28. The molecule has 0 aromatic heterocycles. The summed E-state index contributed by atoms with van der Waals surface area (Å²) in [6, 6.07) is 15.8. The number of likely N-dealkylation sites (tertiary alicyclic amines) is 1. The molecule has 2 aromatic carbocycles. The van der Waals surface area contributed by atoms with Crippen LogP contribution in [0.25, 0.3) is 11.1 Å². The molecule has 0 bridgehead atoms. The van der Waals surface area contributed by atoms with Gasteiger partial charge in [0, 0.05) is 32.4 Å². The average Bonchev–Trinajstić information content (AvgIpc) is 3.72. The second-order valence-electron chi connectivity index (χ2n) is 12.5. The topological polar surface area (TPSA) is 132 Å². The van der Waals surface area contributed by atoms with Crippen molar-refractivity contribution in [2.45, 2.75) is 76.9 Å². The Hall–Kier alpha value is -4.02. The summed E-state index contributed by atoms with van der Waals surface area (Å²) in [5, 5.41) is 9.74. The van der Waals surface area contributed by atoms with E-state index in [9.17, 15) is 19.2 Å². The van der Waals surface area contributed by atoms with E-state index < -0.39 is 29.4 Å². The largest absolute Gasteiger partial charge is 0.461 e. The zero-order chi connectivity index (χ0) is 34.8. The molecule has 3 atom stereocenters. The molecule has 1 heterocycles. The van der Waals surface area contributed by atoms with Gasteiger partial charge in [0.25, 0.3) is 5.17 Å². The maximum absolute atomic E-state index is 13.6. The number of esters is 1. The molecule has 2 aromatic rings. The van der Waals surface area contributed by atoms with Crippen molar-refractivity contribution in [1.29, 1.82) is 0 Å². The lowest BCUT2D eigenvalue weighted by molar-refractivity contribution is -0.135. The maximum atomic E-state index is 13.6. The van der Waals surface area contributed by atoms with Crippen LogP contribution in [0.1, 0.15) is 75.8 Å². The van der Waals surface area contributed by atoms with E-state index in [0.717, 1.165) is 42.4 Å². The number of carbonyl (C=O) groups excluding carboxylic acids is 4. The molecule has 48 heavy (non-hydrogen) atoms. The Labute approximate surface area is 287 Å². The van der Waals surface area contributed by atoms with Crippen LogP contribution in [0, 0.1) is 11.8 Å². The van der Waals surface area contributed by atoms with Crippen LogP contribution in [-0.2, 0) is 28.6 Å². The van der Waals surface area contributed by atoms with Gasteiger partial charge in [-0.2, -0.15) is 0 Å². The van der Waals surface area contributed by atoms with Gasteiger partial charge in [-0.1, -0.05) is 90.8 Å². The summed E-state index contributed by atoms with van der Waals surface area (Å²) < 4.78 is 15.9. The van der Waals surface area contributed by atoms with Crippen LogP contribution in [-0.4, -0.2) is 77.9 Å². The Balaban J connectivity index is 0.000000508. The van der Waals surface area contributed by atoms with Crippen LogP contribution in [0.4, 0.5) is 4.79 Å². The maximum Gasteiger partial charge on any atom is 0.410 e. The summed E-state index contributed by atoms with van der Waals surface area (Å²) in [5.74, 6) is -0.554. The molecule has 1 aliphatic heterocycles. The Kier molecular flexibility index (Phi) is 13.3. The summed E-state index contributed by atoms with van der Waals surface area (Å²) in [6.45, 7) is 8.47. The minimum absolute atomic E-state index is 0.0461. The predicted octanol–water partition coefficient (Wildman–Crippen LogP) is 6.90. The molecule has 1 N–H and O–H groups in total. The molecular weight excluding hydrogens is 636 g/mol. The molecule has 1 saturated carbocycles. The first-order valence-electron chi connectivity index (χ1n) is 16.5. The van der Waals surface area contributed by atoms with E-state index in [4.69, 9.17) is 26.3 Å². The number of amides is 1. The molecule has 11 heteroatoms. The van der Waals surface area contributed by atoms with Crippen LogP contribution in [0.5, 0.6) is 0 Å². The number of ether oxygens (including phenoxy) is 3. The normalized spacial score (nSPS) is 18.2. The quantitative estimate of drug-likeness (QED) is 0.0749. The Morgan fingerprint density at radius 3 is 2.19 bits per heavy atom. The smallest absolute Gasteiger partial charge is 0.410 e. The van der Waals surface area contributed by atoms with Crippen LogP contribution in [0.15, 0.2) is 65.8 Å². The van der Waals surface area contributed by atoms with Crippen molar-refractivity contribution in [3.63, 3.8) is 0 Å². The number of ketones is 2. The van der Waals surface area contributed by atoms with Gasteiger partial charge in [0.05, 0.1) is 12.6 Å². The first kappa shape index (κ1) is 36.8. The Bertz CT molecular complexity index is 1470. The van der Waals surface area contributed by atoms with Crippen molar-refractivity contribution < 1.29 is 38.6 Å². The molecule has 10 nitrogen and oxygen atoms in total. The molecule has 0 spiro atoms. The number of nitrogens with zero attached hydrogens (tertiary/aromatic N) is 2. The fourth-order valence-electron chi connectivity index (χ4n) is 6.62. The fraction of sp³-hybridized carbons (Fsp3) is 0.486. The van der Waals surface area contributed by atoms with E-state index in [0.29, 0.717) is 25.3 Å².